The van der Waals surface area contributed by atoms with Crippen molar-refractivity contribution >= 4 is 23.0 Å². The number of benzene rings is 1. The summed E-state index contributed by atoms with van der Waals surface area (Å²) in [6.45, 7) is -1.86. The van der Waals surface area contributed by atoms with Crippen LogP contribution in [0.4, 0.5) is 11.4 Å². The SMILES string of the molecule is [2H]C([2H])(O)CCNc1ccc(Cl)cc1N. The Morgan fingerprint density at radius 2 is 2.38 bits per heavy atom. The van der Waals surface area contributed by atoms with E-state index in [1.54, 1.807) is 18.2 Å². The van der Waals surface area contributed by atoms with Gasteiger partial charge in [-0.1, -0.05) is 11.6 Å². The minimum absolute atomic E-state index is 0.00489. The molecule has 4 heteroatoms. The van der Waals surface area contributed by atoms with Gasteiger partial charge in [-0.25, -0.2) is 0 Å². The van der Waals surface area contributed by atoms with E-state index in [1.807, 2.05) is 0 Å². The molecule has 0 spiro atoms. The van der Waals surface area contributed by atoms with Gasteiger partial charge in [0.25, 0.3) is 0 Å². The summed E-state index contributed by atoms with van der Waals surface area (Å²) < 4.78 is 13.8. The van der Waals surface area contributed by atoms with E-state index in [4.69, 9.17) is 25.2 Å². The molecule has 72 valence electrons. The zero-order valence-corrected chi connectivity index (χ0v) is 7.80. The summed E-state index contributed by atoms with van der Waals surface area (Å²) >= 11 is 5.72. The molecule has 0 saturated heterocycles. The zero-order valence-electron chi connectivity index (χ0n) is 9.05. The first-order chi connectivity index (χ1) is 6.88. The second kappa shape index (κ2) is 4.94. The van der Waals surface area contributed by atoms with Crippen LogP contribution in [0, 0.1) is 0 Å². The Kier molecular flexibility index (Phi) is 2.84. The Labute approximate surface area is 85.3 Å². The second-order valence-electron chi connectivity index (χ2n) is 2.57. The summed E-state index contributed by atoms with van der Waals surface area (Å²) in [5, 5.41) is 12.3. The monoisotopic (exact) mass is 202 g/mol. The average Bonchev–Trinajstić information content (AvgIpc) is 2.07. The van der Waals surface area contributed by atoms with Crippen LogP contribution in [-0.4, -0.2) is 18.2 Å². The molecule has 0 aliphatic heterocycles. The van der Waals surface area contributed by atoms with Crippen LogP contribution in [0.25, 0.3) is 0 Å². The Morgan fingerprint density at radius 3 is 3.00 bits per heavy atom. The number of nitrogens with two attached hydrogens (primary N) is 1. The van der Waals surface area contributed by atoms with Gasteiger partial charge < -0.3 is 16.2 Å². The van der Waals surface area contributed by atoms with Crippen molar-refractivity contribution in [1.29, 1.82) is 0 Å². The minimum atomic E-state index is -2.16. The maximum absolute atomic E-state index is 8.85. The standard InChI is InChI=1S/C9H13ClN2O/c10-7-2-3-9(8(11)6-7)12-4-1-5-13/h2-3,6,12-13H,1,4-5,11H2/i5D2. The Bertz CT molecular complexity index is 341. The molecule has 0 radical (unpaired) electrons. The molecule has 0 aliphatic rings. The van der Waals surface area contributed by atoms with Gasteiger partial charge in [-0.3, -0.25) is 0 Å². The number of hydrogen-bond donors (Lipinski definition) is 3. The molecule has 0 unspecified atom stereocenters. The highest BCUT2D eigenvalue weighted by Crippen LogP contribution is 2.22. The molecule has 0 aliphatic carbocycles. The van der Waals surface area contributed by atoms with Gasteiger partial charge >= 0.3 is 0 Å². The number of anilines is 2. The van der Waals surface area contributed by atoms with Crippen molar-refractivity contribution in [2.75, 3.05) is 24.2 Å². The molecule has 3 nitrogen and oxygen atoms in total. The van der Waals surface area contributed by atoms with Crippen molar-refractivity contribution in [2.45, 2.75) is 6.42 Å². The van der Waals surface area contributed by atoms with Gasteiger partial charge in [-0.2, -0.15) is 0 Å². The highest BCUT2D eigenvalue weighted by atomic mass is 35.5. The Hall–Kier alpha value is -0.930. The third kappa shape index (κ3) is 3.13. The second-order valence-corrected chi connectivity index (χ2v) is 3.00. The summed E-state index contributed by atoms with van der Waals surface area (Å²) in [5.74, 6) is 0. The molecule has 0 heterocycles. The Balaban J connectivity index is 2.51. The number of aliphatic hydroxyl groups is 1. The molecule has 1 aromatic carbocycles. The fraction of sp³-hybridized carbons (Fsp3) is 0.333. The lowest BCUT2D eigenvalue weighted by molar-refractivity contribution is 0.292. The van der Waals surface area contributed by atoms with Crippen LogP contribution in [0.2, 0.25) is 5.02 Å². The summed E-state index contributed by atoms with van der Waals surface area (Å²) in [5.41, 5.74) is 6.85. The number of hydrogen-bond acceptors (Lipinski definition) is 3. The average molecular weight is 203 g/mol. The highest BCUT2D eigenvalue weighted by molar-refractivity contribution is 6.31. The first-order valence-corrected chi connectivity index (χ1v) is 4.27. The number of nitrogen functional groups attached to an aromatic ring is 1. The van der Waals surface area contributed by atoms with E-state index in [2.05, 4.69) is 5.32 Å². The molecule has 13 heavy (non-hydrogen) atoms. The first-order valence-electron chi connectivity index (χ1n) is 4.90. The van der Waals surface area contributed by atoms with Gasteiger partial charge in [0.15, 0.2) is 0 Å². The van der Waals surface area contributed by atoms with E-state index in [-0.39, 0.29) is 6.42 Å². The van der Waals surface area contributed by atoms with E-state index in [0.29, 0.717) is 22.9 Å². The van der Waals surface area contributed by atoms with Gasteiger partial charge in [0.2, 0.25) is 0 Å². The van der Waals surface area contributed by atoms with E-state index < -0.39 is 6.56 Å². The largest absolute Gasteiger partial charge is 0.397 e. The van der Waals surface area contributed by atoms with Crippen LogP contribution in [0.1, 0.15) is 9.16 Å². The van der Waals surface area contributed by atoms with Crippen LogP contribution in [0.15, 0.2) is 18.2 Å². The van der Waals surface area contributed by atoms with E-state index in [1.165, 1.54) is 0 Å². The topological polar surface area (TPSA) is 58.3 Å². The number of nitrogens with one attached hydrogen (secondary N) is 1. The van der Waals surface area contributed by atoms with Crippen molar-refractivity contribution in [3.63, 3.8) is 0 Å². The van der Waals surface area contributed by atoms with Crippen molar-refractivity contribution in [2.24, 2.45) is 0 Å². The van der Waals surface area contributed by atoms with Gasteiger partial charge in [-0.15, -0.1) is 0 Å². The van der Waals surface area contributed by atoms with Gasteiger partial charge in [0.1, 0.15) is 0 Å². The van der Waals surface area contributed by atoms with Crippen molar-refractivity contribution < 1.29 is 7.85 Å². The highest BCUT2D eigenvalue weighted by Gasteiger charge is 1.97. The number of halogens is 1. The molecule has 0 bridgehead atoms. The van der Waals surface area contributed by atoms with E-state index in [9.17, 15) is 0 Å². The van der Waals surface area contributed by atoms with Crippen molar-refractivity contribution in [3.05, 3.63) is 23.2 Å². The van der Waals surface area contributed by atoms with Crippen LogP contribution in [-0.2, 0) is 0 Å². The van der Waals surface area contributed by atoms with Crippen LogP contribution < -0.4 is 11.1 Å². The van der Waals surface area contributed by atoms with Gasteiger partial charge in [0, 0.05) is 18.1 Å². The molecule has 1 rings (SSSR count). The summed E-state index contributed by atoms with van der Waals surface area (Å²) in [6, 6.07) is 5.01. The predicted molar refractivity (Wildman–Crippen MR) is 56.1 cm³/mol. The first kappa shape index (κ1) is 7.47. The third-order valence-corrected chi connectivity index (χ3v) is 1.80. The predicted octanol–water partition coefficient (Wildman–Crippen LogP) is 1.72. The molecule has 0 atom stereocenters. The Morgan fingerprint density at radius 1 is 1.62 bits per heavy atom. The van der Waals surface area contributed by atoms with Gasteiger partial charge in [-0.05, 0) is 24.6 Å². The summed E-state index contributed by atoms with van der Waals surface area (Å²) in [7, 11) is 0. The lowest BCUT2D eigenvalue weighted by atomic mass is 10.2. The van der Waals surface area contributed by atoms with Crippen LogP contribution in [0.5, 0.6) is 0 Å². The quantitative estimate of drug-likeness (QED) is 0.652. The van der Waals surface area contributed by atoms with Crippen molar-refractivity contribution in [1.82, 2.24) is 0 Å². The van der Waals surface area contributed by atoms with Crippen molar-refractivity contribution in [3.8, 4) is 0 Å². The summed E-state index contributed by atoms with van der Waals surface area (Å²) in [4.78, 5) is 0. The normalized spacial score (nSPS) is 13.4. The smallest absolute Gasteiger partial charge is 0.0574 e. The zero-order chi connectivity index (χ0) is 11.5. The molecule has 0 fully saturated rings. The van der Waals surface area contributed by atoms with E-state index >= 15 is 0 Å². The number of rotatable bonds is 4. The lowest BCUT2D eigenvalue weighted by Gasteiger charge is -2.08. The van der Waals surface area contributed by atoms with Crippen LogP contribution >= 0.6 is 11.6 Å². The summed E-state index contributed by atoms with van der Waals surface area (Å²) in [6.07, 6.45) is -0.00489. The maximum Gasteiger partial charge on any atom is 0.0574 e. The fourth-order valence-electron chi connectivity index (χ4n) is 0.948. The molecule has 0 aromatic heterocycles. The lowest BCUT2D eigenvalue weighted by Crippen LogP contribution is -2.05. The fourth-order valence-corrected chi connectivity index (χ4v) is 1.13. The molecule has 4 N–H and O–H groups in total. The molecular formula is C9H13ClN2O. The molecule has 1 aromatic rings. The molecular weight excluding hydrogens is 188 g/mol. The van der Waals surface area contributed by atoms with Gasteiger partial charge in [0.05, 0.1) is 14.1 Å². The molecule has 0 saturated carbocycles. The third-order valence-electron chi connectivity index (χ3n) is 1.57. The minimum Gasteiger partial charge on any atom is -0.397 e. The maximum atomic E-state index is 8.85. The van der Waals surface area contributed by atoms with E-state index in [0.717, 1.165) is 0 Å². The van der Waals surface area contributed by atoms with Crippen LogP contribution in [0.3, 0.4) is 0 Å². The molecule has 0 amide bonds.